The Bertz CT molecular complexity index is 1380. The van der Waals surface area contributed by atoms with Crippen molar-refractivity contribution in [2.24, 2.45) is 0 Å². The van der Waals surface area contributed by atoms with Crippen LogP contribution >= 0.6 is 11.8 Å². The van der Waals surface area contributed by atoms with Crippen LogP contribution in [0.5, 0.6) is 5.75 Å². The highest BCUT2D eigenvalue weighted by Crippen LogP contribution is 2.52. The van der Waals surface area contributed by atoms with Crippen LogP contribution in [0.25, 0.3) is 5.70 Å². The minimum atomic E-state index is -0.112. The first-order valence-electron chi connectivity index (χ1n) is 11.0. The number of thioether (sulfide) groups is 1. The second-order valence-corrected chi connectivity index (χ2v) is 9.27. The fourth-order valence-corrected chi connectivity index (χ4v) is 5.69. The predicted molar refractivity (Wildman–Crippen MR) is 134 cm³/mol. The Morgan fingerprint density at radius 1 is 0.758 bits per heavy atom. The van der Waals surface area contributed by atoms with E-state index >= 15 is 0 Å². The van der Waals surface area contributed by atoms with E-state index in [0.717, 1.165) is 49.9 Å². The van der Waals surface area contributed by atoms with Crippen LogP contribution in [0.15, 0.2) is 114 Å². The number of benzene rings is 4. The van der Waals surface area contributed by atoms with E-state index in [1.807, 2.05) is 66.7 Å². The molecule has 0 spiro atoms. The molecule has 0 radical (unpaired) electrons. The summed E-state index contributed by atoms with van der Waals surface area (Å²) in [7, 11) is 0. The van der Waals surface area contributed by atoms with E-state index in [9.17, 15) is 4.79 Å². The SMILES string of the molecule is O=C1C2=C(Nc3ccccc3SC2c2ccc(OCc3ccccc3)cc2)c2ccccc21. The number of ether oxygens (including phenoxy) is 1. The summed E-state index contributed by atoms with van der Waals surface area (Å²) < 4.78 is 5.98. The predicted octanol–water partition coefficient (Wildman–Crippen LogP) is 7.13. The average molecular weight is 448 g/mol. The van der Waals surface area contributed by atoms with Gasteiger partial charge in [0, 0.05) is 21.6 Å². The summed E-state index contributed by atoms with van der Waals surface area (Å²) >= 11 is 1.72. The number of Topliss-reactive ketones (excluding diaryl/α,β-unsaturated/α-hetero) is 1. The molecule has 0 bridgehead atoms. The van der Waals surface area contributed by atoms with Crippen molar-refractivity contribution in [1.29, 1.82) is 0 Å². The van der Waals surface area contributed by atoms with Crippen molar-refractivity contribution in [1.82, 2.24) is 0 Å². The Morgan fingerprint density at radius 3 is 2.27 bits per heavy atom. The fourth-order valence-electron chi connectivity index (χ4n) is 4.40. The summed E-state index contributed by atoms with van der Waals surface area (Å²) in [4.78, 5) is 14.6. The molecule has 1 aliphatic heterocycles. The molecule has 4 heteroatoms. The first-order chi connectivity index (χ1) is 16.3. The number of hydrogen-bond acceptors (Lipinski definition) is 4. The highest BCUT2D eigenvalue weighted by Gasteiger charge is 2.38. The number of nitrogens with one attached hydrogen (secondary N) is 1. The van der Waals surface area contributed by atoms with Gasteiger partial charge in [0.15, 0.2) is 5.78 Å². The lowest BCUT2D eigenvalue weighted by molar-refractivity contribution is 0.103. The van der Waals surface area contributed by atoms with Crippen LogP contribution in [0, 0.1) is 0 Å². The molecule has 1 atom stereocenters. The van der Waals surface area contributed by atoms with E-state index < -0.39 is 0 Å². The summed E-state index contributed by atoms with van der Waals surface area (Å²) in [5.74, 6) is 0.915. The zero-order valence-corrected chi connectivity index (χ0v) is 18.6. The first kappa shape index (κ1) is 19.9. The maximum atomic E-state index is 13.5. The van der Waals surface area contributed by atoms with Crippen LogP contribution in [0.4, 0.5) is 5.69 Å². The van der Waals surface area contributed by atoms with E-state index in [-0.39, 0.29) is 11.0 Å². The van der Waals surface area contributed by atoms with Crippen LogP contribution in [-0.4, -0.2) is 5.78 Å². The topological polar surface area (TPSA) is 38.3 Å². The van der Waals surface area contributed by atoms with Gasteiger partial charge in [0.1, 0.15) is 12.4 Å². The van der Waals surface area contributed by atoms with Crippen molar-refractivity contribution >= 4 is 28.9 Å². The fraction of sp³-hybridized carbons (Fsp3) is 0.0690. The molecule has 0 amide bonds. The van der Waals surface area contributed by atoms with Crippen LogP contribution in [-0.2, 0) is 6.61 Å². The molecule has 1 aliphatic carbocycles. The van der Waals surface area contributed by atoms with Crippen molar-refractivity contribution in [3.63, 3.8) is 0 Å². The molecular weight excluding hydrogens is 426 g/mol. The minimum Gasteiger partial charge on any atom is -0.489 e. The zero-order valence-electron chi connectivity index (χ0n) is 17.8. The summed E-state index contributed by atoms with van der Waals surface area (Å²) in [6.07, 6.45) is 0. The number of rotatable bonds is 4. The Labute approximate surface area is 197 Å². The molecule has 0 saturated heterocycles. The summed E-state index contributed by atoms with van der Waals surface area (Å²) in [6, 6.07) is 34.4. The number of hydrogen-bond donors (Lipinski definition) is 1. The molecule has 0 saturated carbocycles. The standard InChI is InChI=1S/C29H21NO2S/c31-28-23-11-5-4-10-22(23)27-26(28)29(33-25-13-7-6-12-24(25)30-27)20-14-16-21(17-15-20)32-18-19-8-2-1-3-9-19/h1-17,29-30H,18H2. The van der Waals surface area contributed by atoms with Gasteiger partial charge >= 0.3 is 0 Å². The molecule has 1 unspecified atom stereocenters. The zero-order chi connectivity index (χ0) is 22.2. The van der Waals surface area contributed by atoms with Gasteiger partial charge in [-0.1, -0.05) is 78.9 Å². The highest BCUT2D eigenvalue weighted by molar-refractivity contribution is 8.00. The normalized spacial score (nSPS) is 16.4. The molecule has 1 N–H and O–H groups in total. The lowest BCUT2D eigenvalue weighted by Gasteiger charge is -2.18. The Morgan fingerprint density at radius 2 is 1.45 bits per heavy atom. The summed E-state index contributed by atoms with van der Waals surface area (Å²) in [6.45, 7) is 0.527. The smallest absolute Gasteiger partial charge is 0.193 e. The molecule has 4 aromatic rings. The van der Waals surface area contributed by atoms with Crippen molar-refractivity contribution in [2.75, 3.05) is 5.32 Å². The van der Waals surface area contributed by atoms with Crippen LogP contribution in [0.3, 0.4) is 0 Å². The third-order valence-corrected chi connectivity index (χ3v) is 7.39. The molecule has 160 valence electrons. The van der Waals surface area contributed by atoms with E-state index in [4.69, 9.17) is 4.74 Å². The minimum absolute atomic E-state index is 0.0998. The Kier molecular flexibility index (Phi) is 5.00. The lowest BCUT2D eigenvalue weighted by atomic mass is 10.0. The van der Waals surface area contributed by atoms with Gasteiger partial charge in [-0.3, -0.25) is 4.79 Å². The third kappa shape index (κ3) is 3.62. The van der Waals surface area contributed by atoms with Gasteiger partial charge < -0.3 is 10.1 Å². The van der Waals surface area contributed by atoms with Gasteiger partial charge in [0.05, 0.1) is 16.6 Å². The summed E-state index contributed by atoms with van der Waals surface area (Å²) in [5, 5.41) is 3.46. The molecule has 6 rings (SSSR count). The van der Waals surface area contributed by atoms with Gasteiger partial charge in [-0.15, -0.1) is 11.8 Å². The van der Waals surface area contributed by atoms with Crippen LogP contribution in [0.2, 0.25) is 0 Å². The van der Waals surface area contributed by atoms with Crippen molar-refractivity contribution in [3.05, 3.63) is 131 Å². The van der Waals surface area contributed by atoms with Gasteiger partial charge in [-0.25, -0.2) is 0 Å². The maximum Gasteiger partial charge on any atom is 0.193 e. The average Bonchev–Trinajstić information content (AvgIpc) is 3.03. The monoisotopic (exact) mass is 447 g/mol. The lowest BCUT2D eigenvalue weighted by Crippen LogP contribution is -2.07. The Hall–Kier alpha value is -3.76. The molecule has 1 heterocycles. The summed E-state index contributed by atoms with van der Waals surface area (Å²) in [5.41, 5.74) is 6.72. The Balaban J connectivity index is 1.36. The van der Waals surface area contributed by atoms with Crippen molar-refractivity contribution in [2.45, 2.75) is 16.8 Å². The number of anilines is 1. The highest BCUT2D eigenvalue weighted by atomic mass is 32.2. The maximum absolute atomic E-state index is 13.5. The molecule has 0 fully saturated rings. The number of carbonyl (C=O) groups excluding carboxylic acids is 1. The second kappa shape index (κ2) is 8.30. The van der Waals surface area contributed by atoms with Crippen LogP contribution < -0.4 is 10.1 Å². The molecule has 33 heavy (non-hydrogen) atoms. The van der Waals surface area contributed by atoms with Gasteiger partial charge in [0.2, 0.25) is 0 Å². The first-order valence-corrected chi connectivity index (χ1v) is 11.8. The quantitative estimate of drug-likeness (QED) is 0.361. The number of fused-ring (bicyclic) bond motifs is 3. The van der Waals surface area contributed by atoms with Gasteiger partial charge in [-0.05, 0) is 35.4 Å². The van der Waals surface area contributed by atoms with Crippen molar-refractivity contribution < 1.29 is 9.53 Å². The van der Waals surface area contributed by atoms with Gasteiger partial charge in [-0.2, -0.15) is 0 Å². The molecular formula is C29H21NO2S. The van der Waals surface area contributed by atoms with E-state index in [0.29, 0.717) is 6.61 Å². The van der Waals surface area contributed by atoms with E-state index in [1.165, 1.54) is 0 Å². The second-order valence-electron chi connectivity index (χ2n) is 8.13. The van der Waals surface area contributed by atoms with E-state index in [2.05, 4.69) is 41.7 Å². The molecule has 3 nitrogen and oxygen atoms in total. The largest absolute Gasteiger partial charge is 0.489 e. The van der Waals surface area contributed by atoms with E-state index in [1.54, 1.807) is 11.8 Å². The number of para-hydroxylation sites is 1. The number of ketones is 1. The van der Waals surface area contributed by atoms with Crippen molar-refractivity contribution in [3.8, 4) is 5.75 Å². The van der Waals surface area contributed by atoms with Crippen LogP contribution in [0.1, 0.15) is 32.3 Å². The third-order valence-electron chi connectivity index (χ3n) is 6.04. The number of carbonyl (C=O) groups is 1. The molecule has 0 aromatic heterocycles. The molecule has 4 aromatic carbocycles. The van der Waals surface area contributed by atoms with Gasteiger partial charge in [0.25, 0.3) is 0 Å². The molecule has 2 aliphatic rings.